The number of nitrogens with zero attached hydrogens (tertiary/aromatic N) is 2. The van der Waals surface area contributed by atoms with E-state index in [1.807, 2.05) is 54.6 Å². The maximum absolute atomic E-state index is 12.9. The summed E-state index contributed by atoms with van der Waals surface area (Å²) < 4.78 is 12.0. The second kappa shape index (κ2) is 7.65. The molecule has 160 valence electrons. The van der Waals surface area contributed by atoms with Gasteiger partial charge in [-0.3, -0.25) is 4.79 Å². The number of carbonyl (C=O) groups is 1. The van der Waals surface area contributed by atoms with Crippen LogP contribution < -0.4 is 10.2 Å². The quantitative estimate of drug-likeness (QED) is 0.588. The number of benzene rings is 2. The summed E-state index contributed by atoms with van der Waals surface area (Å²) in [7, 11) is 0. The Hall–Kier alpha value is -3.35. The third kappa shape index (κ3) is 2.98. The van der Waals surface area contributed by atoms with Crippen LogP contribution in [0.2, 0.25) is 5.02 Å². The van der Waals surface area contributed by atoms with Crippen LogP contribution in [0.1, 0.15) is 28.4 Å². The van der Waals surface area contributed by atoms with E-state index in [9.17, 15) is 4.79 Å². The maximum Gasteiger partial charge on any atom is 0.260 e. The van der Waals surface area contributed by atoms with Gasteiger partial charge in [0.25, 0.3) is 5.91 Å². The molecule has 6 nitrogen and oxygen atoms in total. The molecule has 1 unspecified atom stereocenters. The van der Waals surface area contributed by atoms with Gasteiger partial charge in [-0.05, 0) is 11.6 Å². The van der Waals surface area contributed by atoms with Gasteiger partial charge in [0.05, 0.1) is 23.8 Å². The van der Waals surface area contributed by atoms with Gasteiger partial charge in [-0.2, -0.15) is 0 Å². The fourth-order valence-electron chi connectivity index (χ4n) is 4.56. The van der Waals surface area contributed by atoms with Crippen LogP contribution in [0.3, 0.4) is 0 Å². The van der Waals surface area contributed by atoms with E-state index >= 15 is 0 Å². The predicted octanol–water partition coefficient (Wildman–Crippen LogP) is 4.51. The summed E-state index contributed by atoms with van der Waals surface area (Å²) in [6.45, 7) is 2.73. The molecule has 1 atom stereocenters. The highest BCUT2D eigenvalue weighted by atomic mass is 35.5. The second-order valence-corrected chi connectivity index (χ2v) is 8.31. The zero-order valence-corrected chi connectivity index (χ0v) is 17.9. The van der Waals surface area contributed by atoms with Crippen LogP contribution in [-0.2, 0) is 14.3 Å². The third-order valence-corrected chi connectivity index (χ3v) is 6.47. The number of rotatable bonds is 2. The summed E-state index contributed by atoms with van der Waals surface area (Å²) in [5, 5.41) is 3.49. The van der Waals surface area contributed by atoms with E-state index in [4.69, 9.17) is 26.1 Å². The van der Waals surface area contributed by atoms with Crippen molar-refractivity contribution in [2.75, 3.05) is 36.5 Å². The van der Waals surface area contributed by atoms with Gasteiger partial charge in [0.1, 0.15) is 11.6 Å². The normalized spacial score (nSPS) is 21.7. The van der Waals surface area contributed by atoms with Crippen LogP contribution in [0.4, 0.5) is 11.5 Å². The molecule has 1 amide bonds. The van der Waals surface area contributed by atoms with Gasteiger partial charge in [-0.15, -0.1) is 0 Å². The summed E-state index contributed by atoms with van der Waals surface area (Å²) in [6, 6.07) is 17.5. The Morgan fingerprint density at radius 1 is 1.00 bits per heavy atom. The molecule has 0 bridgehead atoms. The summed E-state index contributed by atoms with van der Waals surface area (Å²) in [5.74, 6) is 1.05. The lowest BCUT2D eigenvalue weighted by molar-refractivity contribution is -0.110. The first-order valence-electron chi connectivity index (χ1n) is 10.6. The zero-order chi connectivity index (χ0) is 21.7. The molecule has 3 aromatic rings. The molecule has 1 saturated heterocycles. The molecule has 1 N–H and O–H groups in total. The molecule has 7 heteroatoms. The average Bonchev–Trinajstić information content (AvgIpc) is 3.37. The van der Waals surface area contributed by atoms with Crippen molar-refractivity contribution in [3.8, 4) is 0 Å². The van der Waals surface area contributed by atoms with Gasteiger partial charge < -0.3 is 19.7 Å². The molecule has 2 aromatic carbocycles. The largest absolute Gasteiger partial charge is 0.479 e. The average molecular weight is 446 g/mol. The van der Waals surface area contributed by atoms with E-state index in [0.29, 0.717) is 29.6 Å². The van der Waals surface area contributed by atoms with Crippen LogP contribution >= 0.6 is 11.6 Å². The molecular formula is C25H20ClN3O3. The Kier molecular flexibility index (Phi) is 4.63. The Bertz CT molecular complexity index is 1250. The van der Waals surface area contributed by atoms with Crippen molar-refractivity contribution < 1.29 is 14.3 Å². The fraction of sp³-hybridized carbons (Fsp3) is 0.200. The van der Waals surface area contributed by atoms with Gasteiger partial charge in [0.2, 0.25) is 0 Å². The number of aromatic nitrogens is 1. The van der Waals surface area contributed by atoms with Crippen molar-refractivity contribution in [2.45, 2.75) is 6.10 Å². The molecule has 4 heterocycles. The molecule has 3 aliphatic rings. The number of anilines is 2. The number of nitrogens with one attached hydrogen (secondary N) is 1. The number of fused-ring (bicyclic) bond motifs is 2. The standard InChI is InChI=1S/C25H20ClN3O3/c26-21-19-17(14-27-24(21)29-10-12-31-13-11-29)23(32-22(19)15-6-2-1-3-7-15)20-16-8-4-5-9-18(16)28-25(20)30/h1-9,14,22H,10-13H2,(H,28,30). The first-order chi connectivity index (χ1) is 15.7. The third-order valence-electron chi connectivity index (χ3n) is 6.09. The second-order valence-electron chi connectivity index (χ2n) is 7.93. The van der Waals surface area contributed by atoms with Crippen molar-refractivity contribution in [1.29, 1.82) is 0 Å². The minimum atomic E-state index is -0.426. The van der Waals surface area contributed by atoms with Crippen LogP contribution in [0.25, 0.3) is 11.3 Å². The minimum absolute atomic E-state index is 0.186. The lowest BCUT2D eigenvalue weighted by Gasteiger charge is -2.29. The highest BCUT2D eigenvalue weighted by Gasteiger charge is 2.39. The highest BCUT2D eigenvalue weighted by Crippen LogP contribution is 2.51. The van der Waals surface area contributed by atoms with E-state index in [0.717, 1.165) is 46.8 Å². The van der Waals surface area contributed by atoms with Gasteiger partial charge in [0, 0.05) is 41.7 Å². The smallest absolute Gasteiger partial charge is 0.260 e. The maximum atomic E-state index is 12.9. The van der Waals surface area contributed by atoms with Crippen molar-refractivity contribution in [2.24, 2.45) is 0 Å². The molecule has 0 radical (unpaired) electrons. The highest BCUT2D eigenvalue weighted by molar-refractivity contribution is 6.37. The molecular weight excluding hydrogens is 426 g/mol. The monoisotopic (exact) mass is 445 g/mol. The first-order valence-corrected chi connectivity index (χ1v) is 11.0. The summed E-state index contributed by atoms with van der Waals surface area (Å²) >= 11 is 6.99. The molecule has 0 saturated carbocycles. The SMILES string of the molecule is O=C1Nc2ccccc2C1=C1OC(c2ccccc2)c2c1cnc(N1CCOCC1)c2Cl. The molecule has 3 aliphatic heterocycles. The molecule has 0 aliphatic carbocycles. The summed E-state index contributed by atoms with van der Waals surface area (Å²) in [5.41, 5.74) is 4.67. The molecule has 1 fully saturated rings. The zero-order valence-electron chi connectivity index (χ0n) is 17.2. The Labute approximate surface area is 190 Å². The molecule has 0 spiro atoms. The number of para-hydroxylation sites is 1. The summed E-state index contributed by atoms with van der Waals surface area (Å²) in [4.78, 5) is 19.8. The molecule has 6 rings (SSSR count). The lowest BCUT2D eigenvalue weighted by Crippen LogP contribution is -2.37. The van der Waals surface area contributed by atoms with Crippen molar-refractivity contribution in [1.82, 2.24) is 4.98 Å². The van der Waals surface area contributed by atoms with E-state index in [1.165, 1.54) is 0 Å². The van der Waals surface area contributed by atoms with E-state index in [1.54, 1.807) is 6.20 Å². The minimum Gasteiger partial charge on any atom is -0.479 e. The number of pyridine rings is 1. The number of halogens is 1. The number of morpholine rings is 1. The number of amides is 1. The molecule has 1 aromatic heterocycles. The Morgan fingerprint density at radius 3 is 2.56 bits per heavy atom. The van der Waals surface area contributed by atoms with Crippen LogP contribution in [0.15, 0.2) is 60.8 Å². The van der Waals surface area contributed by atoms with Crippen LogP contribution in [-0.4, -0.2) is 37.2 Å². The van der Waals surface area contributed by atoms with Gasteiger partial charge >= 0.3 is 0 Å². The first kappa shape index (κ1) is 19.3. The number of hydrogen-bond donors (Lipinski definition) is 1. The van der Waals surface area contributed by atoms with Crippen molar-refractivity contribution in [3.63, 3.8) is 0 Å². The number of ether oxygens (including phenoxy) is 2. The van der Waals surface area contributed by atoms with Gasteiger partial charge in [0.15, 0.2) is 6.10 Å². The Balaban J connectivity index is 1.56. The van der Waals surface area contributed by atoms with Crippen molar-refractivity contribution >= 4 is 40.3 Å². The lowest BCUT2D eigenvalue weighted by atomic mass is 9.97. The number of carbonyl (C=O) groups excluding carboxylic acids is 1. The predicted molar refractivity (Wildman–Crippen MR) is 124 cm³/mol. The summed E-state index contributed by atoms with van der Waals surface area (Å²) in [6.07, 6.45) is 1.36. The van der Waals surface area contributed by atoms with Gasteiger partial charge in [-0.25, -0.2) is 4.98 Å². The van der Waals surface area contributed by atoms with Crippen LogP contribution in [0, 0.1) is 0 Å². The Morgan fingerprint density at radius 2 is 1.75 bits per heavy atom. The van der Waals surface area contributed by atoms with E-state index in [2.05, 4.69) is 10.2 Å². The van der Waals surface area contributed by atoms with E-state index in [-0.39, 0.29) is 5.91 Å². The number of hydrogen-bond acceptors (Lipinski definition) is 5. The van der Waals surface area contributed by atoms with Gasteiger partial charge in [-0.1, -0.05) is 60.1 Å². The molecule has 32 heavy (non-hydrogen) atoms. The van der Waals surface area contributed by atoms with Crippen molar-refractivity contribution in [3.05, 3.63) is 88.1 Å². The topological polar surface area (TPSA) is 63.7 Å². The fourth-order valence-corrected chi connectivity index (χ4v) is 4.93. The van der Waals surface area contributed by atoms with E-state index < -0.39 is 6.10 Å². The van der Waals surface area contributed by atoms with Crippen LogP contribution in [0.5, 0.6) is 0 Å².